The number of aromatic nitrogens is 1. The van der Waals surface area contributed by atoms with Gasteiger partial charge in [0.05, 0.1) is 11.8 Å². The van der Waals surface area contributed by atoms with Gasteiger partial charge in [-0.25, -0.2) is 4.98 Å². The highest BCUT2D eigenvalue weighted by atomic mass is 79.9. The van der Waals surface area contributed by atoms with Crippen molar-refractivity contribution in [3.8, 4) is 11.3 Å². The van der Waals surface area contributed by atoms with Crippen molar-refractivity contribution in [2.75, 3.05) is 5.88 Å². The normalized spacial score (nSPS) is 11.8. The highest BCUT2D eigenvalue weighted by molar-refractivity contribution is 9.10. The van der Waals surface area contributed by atoms with Crippen LogP contribution in [-0.4, -0.2) is 10.9 Å². The molecule has 0 spiro atoms. The maximum Gasteiger partial charge on any atom is 0.416 e. The van der Waals surface area contributed by atoms with Crippen LogP contribution in [0.1, 0.15) is 17.9 Å². The lowest BCUT2D eigenvalue weighted by Gasteiger charge is -2.08. The molecule has 2 aromatic rings. The Kier molecular flexibility index (Phi) is 4.75. The molecule has 0 radical (unpaired) electrons. The molecule has 2 rings (SSSR count). The Balaban J connectivity index is 2.34. The zero-order valence-corrected chi connectivity index (χ0v) is 12.5. The summed E-state index contributed by atoms with van der Waals surface area (Å²) in [5.41, 5.74) is -0.404. The summed E-state index contributed by atoms with van der Waals surface area (Å²) in [5.74, 6) is 1.24. The minimum atomic E-state index is -4.39. The summed E-state index contributed by atoms with van der Waals surface area (Å²) in [4.78, 5) is 4.04. The third-order valence-corrected chi connectivity index (χ3v) is 3.60. The number of halogens is 5. The fraction of sp³-hybridized carbons (Fsp3) is 0.308. The molecule has 0 saturated heterocycles. The first-order chi connectivity index (χ1) is 9.41. The van der Waals surface area contributed by atoms with Gasteiger partial charge in [0.25, 0.3) is 0 Å². The molecule has 0 aliphatic rings. The maximum absolute atomic E-state index is 12.7. The van der Waals surface area contributed by atoms with Crippen molar-refractivity contribution in [3.05, 3.63) is 40.3 Å². The van der Waals surface area contributed by atoms with Gasteiger partial charge in [-0.3, -0.25) is 0 Å². The highest BCUT2D eigenvalue weighted by Crippen LogP contribution is 2.36. The largest absolute Gasteiger partial charge is 0.441 e. The predicted octanol–water partition coefficient (Wildman–Crippen LogP) is 5.29. The van der Waals surface area contributed by atoms with Gasteiger partial charge in [0, 0.05) is 22.3 Å². The van der Waals surface area contributed by atoms with Crippen LogP contribution in [0.25, 0.3) is 11.3 Å². The molecule has 0 atom stereocenters. The van der Waals surface area contributed by atoms with E-state index in [-0.39, 0.29) is 0 Å². The monoisotopic (exact) mass is 367 g/mol. The van der Waals surface area contributed by atoms with Crippen LogP contribution in [-0.2, 0) is 12.6 Å². The first kappa shape index (κ1) is 15.4. The molecule has 0 bridgehead atoms. The summed E-state index contributed by atoms with van der Waals surface area (Å²) in [5, 5.41) is 0. The van der Waals surface area contributed by atoms with Crippen molar-refractivity contribution in [1.82, 2.24) is 4.98 Å². The van der Waals surface area contributed by atoms with E-state index in [2.05, 4.69) is 20.9 Å². The summed E-state index contributed by atoms with van der Waals surface area (Å²) >= 11 is 8.79. The summed E-state index contributed by atoms with van der Waals surface area (Å²) in [6.45, 7) is 0. The van der Waals surface area contributed by atoms with Crippen LogP contribution in [0.15, 0.2) is 33.3 Å². The second-order valence-corrected chi connectivity index (χ2v) is 5.34. The van der Waals surface area contributed by atoms with Crippen molar-refractivity contribution < 1.29 is 17.6 Å². The third-order valence-electron chi connectivity index (χ3n) is 2.64. The quantitative estimate of drug-likeness (QED) is 0.685. The molecular weight excluding hydrogens is 359 g/mol. The van der Waals surface area contributed by atoms with Gasteiger partial charge in [-0.2, -0.15) is 13.2 Å². The molecule has 0 N–H and O–H groups in total. The smallest absolute Gasteiger partial charge is 0.416 e. The maximum atomic E-state index is 12.7. The number of hydrogen-bond donors (Lipinski definition) is 0. The first-order valence-electron chi connectivity index (χ1n) is 5.79. The van der Waals surface area contributed by atoms with Crippen molar-refractivity contribution >= 4 is 27.5 Å². The van der Waals surface area contributed by atoms with Crippen molar-refractivity contribution in [3.63, 3.8) is 0 Å². The van der Waals surface area contributed by atoms with E-state index in [1.807, 2.05) is 0 Å². The van der Waals surface area contributed by atoms with Crippen LogP contribution in [0.3, 0.4) is 0 Å². The average Bonchev–Trinajstić information content (AvgIpc) is 2.84. The fourth-order valence-corrected chi connectivity index (χ4v) is 2.23. The second kappa shape index (κ2) is 6.18. The summed E-state index contributed by atoms with van der Waals surface area (Å²) in [7, 11) is 0. The van der Waals surface area contributed by atoms with Gasteiger partial charge < -0.3 is 4.42 Å². The number of benzene rings is 1. The molecule has 0 fully saturated rings. The van der Waals surface area contributed by atoms with E-state index in [0.717, 1.165) is 12.1 Å². The zero-order chi connectivity index (χ0) is 14.8. The Morgan fingerprint density at radius 2 is 2.05 bits per heavy atom. The lowest BCUT2D eigenvalue weighted by Crippen LogP contribution is -2.04. The molecule has 0 saturated carbocycles. The second-order valence-electron chi connectivity index (χ2n) is 4.10. The average molecular weight is 369 g/mol. The van der Waals surface area contributed by atoms with E-state index in [4.69, 9.17) is 16.0 Å². The Hall–Kier alpha value is -1.01. The minimum absolute atomic E-state index is 0.299. The molecule has 1 heterocycles. The van der Waals surface area contributed by atoms with Crippen LogP contribution in [0.2, 0.25) is 0 Å². The first-order valence-corrected chi connectivity index (χ1v) is 7.12. The molecule has 20 heavy (non-hydrogen) atoms. The number of aryl methyl sites for hydroxylation is 1. The number of rotatable bonds is 4. The van der Waals surface area contributed by atoms with Crippen molar-refractivity contribution in [2.45, 2.75) is 19.0 Å². The Morgan fingerprint density at radius 1 is 1.30 bits per heavy atom. The molecular formula is C13H10BrClF3NO. The molecule has 7 heteroatoms. The Bertz CT molecular complexity index is 598. The van der Waals surface area contributed by atoms with Crippen LogP contribution >= 0.6 is 27.5 Å². The Labute approximate surface area is 127 Å². The highest BCUT2D eigenvalue weighted by Gasteiger charge is 2.31. The zero-order valence-electron chi connectivity index (χ0n) is 10.2. The Morgan fingerprint density at radius 3 is 2.70 bits per heavy atom. The fourth-order valence-electron chi connectivity index (χ4n) is 1.66. The van der Waals surface area contributed by atoms with E-state index in [1.54, 1.807) is 0 Å². The van der Waals surface area contributed by atoms with Gasteiger partial charge in [-0.1, -0.05) is 15.9 Å². The van der Waals surface area contributed by atoms with Crippen molar-refractivity contribution in [1.29, 1.82) is 0 Å². The number of oxazole rings is 1. The molecule has 108 valence electrons. The van der Waals surface area contributed by atoms with Crippen LogP contribution in [0, 0.1) is 0 Å². The van der Waals surface area contributed by atoms with Gasteiger partial charge in [0.15, 0.2) is 11.7 Å². The predicted molar refractivity (Wildman–Crippen MR) is 73.7 cm³/mol. The molecule has 1 aromatic carbocycles. The van der Waals surface area contributed by atoms with Gasteiger partial charge in [0.2, 0.25) is 0 Å². The number of alkyl halides is 4. The summed E-state index contributed by atoms with van der Waals surface area (Å²) in [6, 6.07) is 3.40. The van der Waals surface area contributed by atoms with E-state index in [0.29, 0.717) is 40.4 Å². The lowest BCUT2D eigenvalue weighted by molar-refractivity contribution is -0.137. The van der Waals surface area contributed by atoms with E-state index in [1.165, 1.54) is 12.3 Å². The van der Waals surface area contributed by atoms with E-state index in [9.17, 15) is 13.2 Å². The molecule has 0 amide bonds. The lowest BCUT2D eigenvalue weighted by atomic mass is 10.1. The third kappa shape index (κ3) is 3.55. The van der Waals surface area contributed by atoms with Crippen LogP contribution < -0.4 is 0 Å². The van der Waals surface area contributed by atoms with Gasteiger partial charge in [-0.05, 0) is 24.6 Å². The van der Waals surface area contributed by atoms with Gasteiger partial charge in [0.1, 0.15) is 0 Å². The van der Waals surface area contributed by atoms with E-state index < -0.39 is 11.7 Å². The molecule has 0 aliphatic heterocycles. The van der Waals surface area contributed by atoms with Gasteiger partial charge in [-0.15, -0.1) is 11.6 Å². The molecule has 0 aliphatic carbocycles. The number of nitrogens with zero attached hydrogens (tertiary/aromatic N) is 1. The molecule has 0 unspecified atom stereocenters. The SMILES string of the molecule is FC(F)(F)c1ccc(Br)c(-c2cnc(CCCCl)o2)c1. The van der Waals surface area contributed by atoms with Gasteiger partial charge >= 0.3 is 6.18 Å². The minimum Gasteiger partial charge on any atom is -0.441 e. The molecule has 1 aromatic heterocycles. The van der Waals surface area contributed by atoms with Crippen LogP contribution in [0.5, 0.6) is 0 Å². The topological polar surface area (TPSA) is 26.0 Å². The summed E-state index contributed by atoms with van der Waals surface area (Å²) in [6.07, 6.45) is -1.72. The number of hydrogen-bond acceptors (Lipinski definition) is 2. The van der Waals surface area contributed by atoms with Crippen molar-refractivity contribution in [2.24, 2.45) is 0 Å². The standard InChI is InChI=1S/C13H10BrClF3NO/c14-10-4-3-8(13(16,17)18)6-9(10)11-7-19-12(20-11)2-1-5-15/h3-4,6-7H,1-2,5H2. The molecule has 2 nitrogen and oxygen atoms in total. The van der Waals surface area contributed by atoms with E-state index >= 15 is 0 Å². The summed E-state index contributed by atoms with van der Waals surface area (Å²) < 4.78 is 44.1. The van der Waals surface area contributed by atoms with Crippen LogP contribution in [0.4, 0.5) is 13.2 Å².